The summed E-state index contributed by atoms with van der Waals surface area (Å²) >= 11 is 0. The van der Waals surface area contributed by atoms with Gasteiger partial charge in [-0.15, -0.1) is 5.01 Å². The lowest BCUT2D eigenvalue weighted by Crippen LogP contribution is -2.42. The molecule has 0 radical (unpaired) electrons. The number of imide groups is 1. The molecule has 1 saturated heterocycles. The molecule has 0 aliphatic carbocycles. The van der Waals surface area contributed by atoms with Crippen LogP contribution in [0.3, 0.4) is 0 Å². The van der Waals surface area contributed by atoms with Crippen molar-refractivity contribution in [3.63, 3.8) is 0 Å². The summed E-state index contributed by atoms with van der Waals surface area (Å²) in [5.74, 6) is -0.960. The van der Waals surface area contributed by atoms with Gasteiger partial charge in [-0.05, 0) is 25.0 Å². The van der Waals surface area contributed by atoms with E-state index in [4.69, 9.17) is 4.84 Å². The summed E-state index contributed by atoms with van der Waals surface area (Å²) in [6.45, 7) is 0.186. The number of hydrogen-bond donors (Lipinski definition) is 1. The highest BCUT2D eigenvalue weighted by Gasteiger charge is 2.35. The Labute approximate surface area is 131 Å². The number of piperidine rings is 1. The van der Waals surface area contributed by atoms with Crippen LogP contribution in [0.4, 0.5) is 0 Å². The van der Waals surface area contributed by atoms with Crippen LogP contribution in [0, 0.1) is 5.21 Å². The monoisotopic (exact) mass is 320 g/mol. The van der Waals surface area contributed by atoms with E-state index >= 15 is 0 Å². The minimum absolute atomic E-state index is 0.170. The Kier molecular flexibility index (Phi) is 4.11. The van der Waals surface area contributed by atoms with Gasteiger partial charge in [0.1, 0.15) is 6.54 Å². The number of rotatable bonds is 4. The van der Waals surface area contributed by atoms with Gasteiger partial charge in [-0.1, -0.05) is 12.1 Å². The third kappa shape index (κ3) is 2.95. The van der Waals surface area contributed by atoms with Crippen LogP contribution in [0.1, 0.15) is 33.6 Å². The zero-order chi connectivity index (χ0) is 16.4. The van der Waals surface area contributed by atoms with E-state index in [0.717, 1.165) is 4.90 Å². The maximum absolute atomic E-state index is 12.1. The first kappa shape index (κ1) is 15.2. The highest BCUT2D eigenvalue weighted by atomic mass is 16.7. The van der Waals surface area contributed by atoms with Crippen molar-refractivity contribution < 1.29 is 24.5 Å². The first-order chi connectivity index (χ1) is 11.1. The molecular formula is C14H16N4O5. The number of carbonyl (C=O) groups excluding carboxylic acids is 2. The van der Waals surface area contributed by atoms with E-state index in [1.165, 1.54) is 5.01 Å². The Morgan fingerprint density at radius 2 is 1.96 bits per heavy atom. The molecule has 23 heavy (non-hydrogen) atoms. The van der Waals surface area contributed by atoms with Gasteiger partial charge in [-0.2, -0.15) is 0 Å². The molecule has 1 N–H and O–H groups in total. The Morgan fingerprint density at radius 3 is 2.57 bits per heavy atom. The molecule has 3 rings (SSSR count). The number of β-amino-alcohol motifs (C(OH)–C–C–N with tert-alkyl or cyclic N) is 1. The molecule has 0 aromatic heterocycles. The lowest BCUT2D eigenvalue weighted by Gasteiger charge is -2.25. The van der Waals surface area contributed by atoms with Crippen LogP contribution in [0.5, 0.6) is 0 Å². The third-order valence-corrected chi connectivity index (χ3v) is 3.81. The summed E-state index contributed by atoms with van der Waals surface area (Å²) in [6.07, 6.45) is 0.736. The van der Waals surface area contributed by atoms with Gasteiger partial charge < -0.3 is 15.2 Å². The average molecular weight is 320 g/mol. The SMILES string of the molecule is O=C1c2ccccc2C(=O)N1CO/N=[N+](\[O-])N1CCCC(O)C1. The standard InChI is InChI=1S/C14H16N4O5/c19-10-4-3-7-16(8-10)18(22)15-23-9-17-13(20)11-5-1-2-6-12(11)14(17)21/h1-2,5-6,10,19H,3-4,7-9H2/b18-15-. The lowest BCUT2D eigenvalue weighted by atomic mass is 10.1. The van der Waals surface area contributed by atoms with Crippen LogP contribution >= 0.6 is 0 Å². The summed E-state index contributed by atoms with van der Waals surface area (Å²) in [5, 5.41) is 25.9. The van der Waals surface area contributed by atoms with Crippen molar-refractivity contribution in [2.75, 3.05) is 19.8 Å². The summed E-state index contributed by atoms with van der Waals surface area (Å²) in [6, 6.07) is 6.45. The molecule has 0 bridgehead atoms. The molecule has 2 amide bonds. The van der Waals surface area contributed by atoms with Crippen LogP contribution in [-0.2, 0) is 4.84 Å². The number of carbonyl (C=O) groups is 2. The molecule has 0 saturated carbocycles. The zero-order valence-electron chi connectivity index (χ0n) is 12.3. The predicted molar refractivity (Wildman–Crippen MR) is 75.8 cm³/mol. The number of aliphatic hydroxyl groups excluding tert-OH is 1. The number of nitrogens with zero attached hydrogens (tertiary/aromatic N) is 4. The number of hydrazine groups is 1. The molecule has 1 aromatic rings. The van der Waals surface area contributed by atoms with E-state index in [9.17, 15) is 19.9 Å². The molecule has 1 aromatic carbocycles. The first-order valence-electron chi connectivity index (χ1n) is 7.26. The van der Waals surface area contributed by atoms with Crippen LogP contribution in [0.2, 0.25) is 0 Å². The average Bonchev–Trinajstić information content (AvgIpc) is 2.80. The molecule has 1 atom stereocenters. The smallest absolute Gasteiger partial charge is 0.264 e. The Morgan fingerprint density at radius 1 is 1.30 bits per heavy atom. The molecule has 2 heterocycles. The van der Waals surface area contributed by atoms with E-state index in [1.54, 1.807) is 24.3 Å². The maximum Gasteiger partial charge on any atom is 0.264 e. The van der Waals surface area contributed by atoms with E-state index in [1.807, 2.05) is 0 Å². The summed E-state index contributed by atoms with van der Waals surface area (Å²) in [4.78, 5) is 30.1. The molecule has 1 fully saturated rings. The molecular weight excluding hydrogens is 304 g/mol. The fraction of sp³-hybridized carbons (Fsp3) is 0.429. The van der Waals surface area contributed by atoms with Crippen LogP contribution in [0.15, 0.2) is 29.5 Å². The molecule has 2 aliphatic rings. The minimum atomic E-state index is -0.577. The summed E-state index contributed by atoms with van der Waals surface area (Å²) in [7, 11) is 0. The molecule has 2 aliphatic heterocycles. The molecule has 122 valence electrons. The topological polar surface area (TPSA) is 109 Å². The van der Waals surface area contributed by atoms with Gasteiger partial charge in [0.15, 0.2) is 0 Å². The fourth-order valence-corrected chi connectivity index (χ4v) is 2.63. The molecule has 0 spiro atoms. The Balaban J connectivity index is 1.60. The first-order valence-corrected chi connectivity index (χ1v) is 7.26. The van der Waals surface area contributed by atoms with Gasteiger partial charge in [0, 0.05) is 0 Å². The highest BCUT2D eigenvalue weighted by molar-refractivity contribution is 6.21. The van der Waals surface area contributed by atoms with E-state index in [0.29, 0.717) is 30.5 Å². The second-order valence-corrected chi connectivity index (χ2v) is 5.39. The number of benzene rings is 1. The van der Waals surface area contributed by atoms with Crippen LogP contribution < -0.4 is 0 Å². The third-order valence-electron chi connectivity index (χ3n) is 3.81. The van der Waals surface area contributed by atoms with Crippen molar-refractivity contribution in [1.82, 2.24) is 9.91 Å². The highest BCUT2D eigenvalue weighted by Crippen LogP contribution is 2.22. The van der Waals surface area contributed by atoms with E-state index in [-0.39, 0.29) is 11.5 Å². The number of fused-ring (bicyclic) bond motifs is 1. The van der Waals surface area contributed by atoms with Crippen LogP contribution in [0.25, 0.3) is 0 Å². The van der Waals surface area contributed by atoms with Gasteiger partial charge in [0.05, 0.1) is 28.7 Å². The summed E-state index contributed by atoms with van der Waals surface area (Å²) < 4.78 is 0. The predicted octanol–water partition coefficient (Wildman–Crippen LogP) is 0.506. The quantitative estimate of drug-likeness (QED) is 0.375. The van der Waals surface area contributed by atoms with E-state index < -0.39 is 24.6 Å². The second-order valence-electron chi connectivity index (χ2n) is 5.39. The largest absolute Gasteiger partial charge is 0.569 e. The van der Waals surface area contributed by atoms with Crippen molar-refractivity contribution in [2.24, 2.45) is 5.28 Å². The molecule has 9 heteroatoms. The summed E-state index contributed by atoms with van der Waals surface area (Å²) in [5.41, 5.74) is 0.610. The van der Waals surface area contributed by atoms with Crippen LogP contribution in [-0.4, -0.2) is 57.7 Å². The molecule has 1 unspecified atom stereocenters. The van der Waals surface area contributed by atoms with Gasteiger partial charge in [0.2, 0.25) is 12.0 Å². The van der Waals surface area contributed by atoms with Gasteiger partial charge >= 0.3 is 0 Å². The van der Waals surface area contributed by atoms with Crippen molar-refractivity contribution in [3.05, 3.63) is 40.6 Å². The number of hydrogen-bond acceptors (Lipinski definition) is 6. The zero-order valence-corrected chi connectivity index (χ0v) is 12.3. The van der Waals surface area contributed by atoms with E-state index in [2.05, 4.69) is 5.28 Å². The normalized spacial score (nSPS) is 21.6. The Hall–Kier alpha value is -2.68. The van der Waals surface area contributed by atoms with Gasteiger partial charge in [-0.3, -0.25) is 9.59 Å². The van der Waals surface area contributed by atoms with Crippen molar-refractivity contribution in [2.45, 2.75) is 18.9 Å². The lowest BCUT2D eigenvalue weighted by molar-refractivity contribution is -0.714. The van der Waals surface area contributed by atoms with Crippen molar-refractivity contribution in [1.29, 1.82) is 0 Å². The molecule has 9 nitrogen and oxygen atoms in total. The van der Waals surface area contributed by atoms with Gasteiger partial charge in [0.25, 0.3) is 11.8 Å². The van der Waals surface area contributed by atoms with Crippen molar-refractivity contribution in [3.8, 4) is 0 Å². The number of aliphatic hydroxyl groups is 1. The minimum Gasteiger partial charge on any atom is -0.569 e. The Bertz CT molecular complexity index is 627. The fourth-order valence-electron chi connectivity index (χ4n) is 2.63. The second kappa shape index (κ2) is 6.21. The number of amides is 2. The van der Waals surface area contributed by atoms with Crippen molar-refractivity contribution >= 4 is 11.8 Å². The maximum atomic E-state index is 12.1. The van der Waals surface area contributed by atoms with Gasteiger partial charge in [-0.25, -0.2) is 4.90 Å².